The first kappa shape index (κ1) is 18.1. The molecule has 24 heavy (non-hydrogen) atoms. The molecule has 128 valence electrons. The fourth-order valence-electron chi connectivity index (χ4n) is 2.62. The monoisotopic (exact) mass is 328 g/mol. The fraction of sp³-hybridized carbons (Fsp3) is 0.350. The highest BCUT2D eigenvalue weighted by atomic mass is 19.1. The fourth-order valence-corrected chi connectivity index (χ4v) is 2.62. The Bertz CT molecular complexity index is 628. The van der Waals surface area contributed by atoms with Crippen molar-refractivity contribution in [3.8, 4) is 0 Å². The van der Waals surface area contributed by atoms with E-state index in [-0.39, 0.29) is 17.8 Å². The lowest BCUT2D eigenvalue weighted by Crippen LogP contribution is -2.39. The lowest BCUT2D eigenvalue weighted by Gasteiger charge is -2.19. The molecule has 1 N–H and O–H groups in total. The van der Waals surface area contributed by atoms with Crippen LogP contribution >= 0.6 is 0 Å². The van der Waals surface area contributed by atoms with E-state index in [1.54, 1.807) is 12.1 Å². The highest BCUT2D eigenvalue weighted by molar-refractivity contribution is 5.78. The molecule has 4 heteroatoms. The van der Waals surface area contributed by atoms with E-state index in [4.69, 9.17) is 0 Å². The summed E-state index contributed by atoms with van der Waals surface area (Å²) in [5.74, 6) is -0.230. The van der Waals surface area contributed by atoms with Gasteiger partial charge in [-0.3, -0.25) is 9.69 Å². The zero-order valence-electron chi connectivity index (χ0n) is 14.3. The van der Waals surface area contributed by atoms with Crippen LogP contribution in [0.15, 0.2) is 54.6 Å². The van der Waals surface area contributed by atoms with Crippen molar-refractivity contribution in [1.82, 2.24) is 10.2 Å². The highest BCUT2D eigenvalue weighted by Crippen LogP contribution is 2.06. The van der Waals surface area contributed by atoms with Crippen molar-refractivity contribution in [3.05, 3.63) is 71.5 Å². The molecule has 2 aromatic rings. The summed E-state index contributed by atoms with van der Waals surface area (Å²) in [6.45, 7) is 2.97. The Labute approximate surface area is 143 Å². The van der Waals surface area contributed by atoms with Crippen LogP contribution in [0, 0.1) is 5.82 Å². The van der Waals surface area contributed by atoms with E-state index < -0.39 is 0 Å². The number of hydrogen-bond donors (Lipinski definition) is 1. The summed E-state index contributed by atoms with van der Waals surface area (Å²) in [4.78, 5) is 14.0. The highest BCUT2D eigenvalue weighted by Gasteiger charge is 2.10. The number of halogens is 1. The largest absolute Gasteiger partial charge is 0.353 e. The SMILES string of the molecule is C[C@@H](CCc1ccccc1)NC(=O)CN(C)Cc1ccc(F)cc1. The number of carbonyl (C=O) groups is 1. The van der Waals surface area contributed by atoms with Crippen molar-refractivity contribution in [2.75, 3.05) is 13.6 Å². The van der Waals surface area contributed by atoms with Crippen LogP contribution in [0.5, 0.6) is 0 Å². The maximum absolute atomic E-state index is 12.9. The number of aryl methyl sites for hydroxylation is 1. The molecule has 3 nitrogen and oxygen atoms in total. The Morgan fingerprint density at radius 2 is 1.75 bits per heavy atom. The second-order valence-electron chi connectivity index (χ2n) is 6.29. The maximum Gasteiger partial charge on any atom is 0.234 e. The third kappa shape index (κ3) is 6.50. The number of nitrogens with zero attached hydrogens (tertiary/aromatic N) is 1. The summed E-state index contributed by atoms with van der Waals surface area (Å²) in [6.07, 6.45) is 1.87. The second kappa shape index (κ2) is 9.18. The number of hydrogen-bond acceptors (Lipinski definition) is 2. The number of likely N-dealkylation sites (N-methyl/N-ethyl adjacent to an activating group) is 1. The van der Waals surface area contributed by atoms with Gasteiger partial charge in [0.15, 0.2) is 0 Å². The second-order valence-corrected chi connectivity index (χ2v) is 6.29. The van der Waals surface area contributed by atoms with Crippen LogP contribution in [0.2, 0.25) is 0 Å². The zero-order valence-corrected chi connectivity index (χ0v) is 14.3. The zero-order chi connectivity index (χ0) is 17.4. The molecule has 1 amide bonds. The van der Waals surface area contributed by atoms with Gasteiger partial charge in [-0.1, -0.05) is 42.5 Å². The standard InChI is InChI=1S/C20H25FN2O/c1-16(8-9-17-6-4-3-5-7-17)22-20(24)15-23(2)14-18-10-12-19(21)13-11-18/h3-7,10-13,16H,8-9,14-15H2,1-2H3,(H,22,24)/t16-/m0/s1. The van der Waals surface area contributed by atoms with Gasteiger partial charge in [0.25, 0.3) is 0 Å². The molecule has 0 bridgehead atoms. The van der Waals surface area contributed by atoms with E-state index in [1.807, 2.05) is 37.1 Å². The van der Waals surface area contributed by atoms with Crippen molar-refractivity contribution in [1.29, 1.82) is 0 Å². The molecule has 0 unspecified atom stereocenters. The van der Waals surface area contributed by atoms with E-state index >= 15 is 0 Å². The van der Waals surface area contributed by atoms with E-state index in [0.29, 0.717) is 13.1 Å². The molecule has 1 atom stereocenters. The van der Waals surface area contributed by atoms with Gasteiger partial charge in [0, 0.05) is 12.6 Å². The third-order valence-corrected chi connectivity index (χ3v) is 3.90. The Morgan fingerprint density at radius 1 is 1.08 bits per heavy atom. The summed E-state index contributed by atoms with van der Waals surface area (Å²) in [6, 6.07) is 16.8. The number of carbonyl (C=O) groups excluding carboxylic acids is 1. The van der Waals surface area contributed by atoms with Crippen LogP contribution < -0.4 is 5.32 Å². The van der Waals surface area contributed by atoms with Gasteiger partial charge in [0.2, 0.25) is 5.91 Å². The van der Waals surface area contributed by atoms with Gasteiger partial charge in [-0.15, -0.1) is 0 Å². The molecule has 0 saturated heterocycles. The molecule has 0 saturated carbocycles. The van der Waals surface area contributed by atoms with Crippen LogP contribution in [0.3, 0.4) is 0 Å². The van der Waals surface area contributed by atoms with Crippen molar-refractivity contribution in [2.24, 2.45) is 0 Å². The molecule has 0 heterocycles. The van der Waals surface area contributed by atoms with E-state index in [2.05, 4.69) is 17.4 Å². The van der Waals surface area contributed by atoms with Gasteiger partial charge < -0.3 is 5.32 Å². The number of rotatable bonds is 8. The van der Waals surface area contributed by atoms with E-state index in [0.717, 1.165) is 18.4 Å². The Morgan fingerprint density at radius 3 is 2.42 bits per heavy atom. The molecular weight excluding hydrogens is 303 g/mol. The van der Waals surface area contributed by atoms with Gasteiger partial charge in [0.1, 0.15) is 5.82 Å². The third-order valence-electron chi connectivity index (χ3n) is 3.90. The minimum Gasteiger partial charge on any atom is -0.353 e. The topological polar surface area (TPSA) is 32.3 Å². The van der Waals surface area contributed by atoms with Crippen LogP contribution in [0.1, 0.15) is 24.5 Å². The smallest absolute Gasteiger partial charge is 0.234 e. The lowest BCUT2D eigenvalue weighted by atomic mass is 10.1. The summed E-state index contributed by atoms with van der Waals surface area (Å²) in [7, 11) is 1.89. The summed E-state index contributed by atoms with van der Waals surface area (Å²) in [5.41, 5.74) is 2.27. The molecule has 0 radical (unpaired) electrons. The predicted octanol–water partition coefficient (Wildman–Crippen LogP) is 3.40. The lowest BCUT2D eigenvalue weighted by molar-refractivity contribution is -0.122. The van der Waals surface area contributed by atoms with E-state index in [1.165, 1.54) is 17.7 Å². The normalized spacial score (nSPS) is 12.2. The molecular formula is C20H25FN2O. The van der Waals surface area contributed by atoms with E-state index in [9.17, 15) is 9.18 Å². The van der Waals surface area contributed by atoms with Crippen LogP contribution in [0.25, 0.3) is 0 Å². The van der Waals surface area contributed by atoms with Crippen molar-refractivity contribution in [3.63, 3.8) is 0 Å². The molecule has 0 fully saturated rings. The number of nitrogens with one attached hydrogen (secondary N) is 1. The number of benzene rings is 2. The molecule has 0 aliphatic heterocycles. The van der Waals surface area contributed by atoms with Crippen molar-refractivity contribution < 1.29 is 9.18 Å². The molecule has 0 aliphatic carbocycles. The molecule has 0 aromatic heterocycles. The van der Waals surface area contributed by atoms with Gasteiger partial charge in [-0.25, -0.2) is 4.39 Å². The first-order valence-electron chi connectivity index (χ1n) is 8.29. The predicted molar refractivity (Wildman–Crippen MR) is 95.1 cm³/mol. The van der Waals surface area contributed by atoms with Crippen molar-refractivity contribution in [2.45, 2.75) is 32.4 Å². The first-order chi connectivity index (χ1) is 11.5. The van der Waals surface area contributed by atoms with Gasteiger partial charge in [0.05, 0.1) is 6.54 Å². The quantitative estimate of drug-likeness (QED) is 0.805. The minimum absolute atomic E-state index is 0.0140. The summed E-state index contributed by atoms with van der Waals surface area (Å²) in [5, 5.41) is 3.04. The summed E-state index contributed by atoms with van der Waals surface area (Å²) >= 11 is 0. The Kier molecular flexibility index (Phi) is 6.94. The Hall–Kier alpha value is -2.20. The van der Waals surface area contributed by atoms with Gasteiger partial charge in [-0.2, -0.15) is 0 Å². The van der Waals surface area contributed by atoms with Gasteiger partial charge in [-0.05, 0) is 50.1 Å². The van der Waals surface area contributed by atoms with Crippen LogP contribution in [-0.4, -0.2) is 30.4 Å². The molecule has 2 rings (SSSR count). The summed E-state index contributed by atoms with van der Waals surface area (Å²) < 4.78 is 12.9. The van der Waals surface area contributed by atoms with Crippen molar-refractivity contribution >= 4 is 5.91 Å². The molecule has 2 aromatic carbocycles. The van der Waals surface area contributed by atoms with Gasteiger partial charge >= 0.3 is 0 Å². The average molecular weight is 328 g/mol. The molecule has 0 spiro atoms. The Balaban J connectivity index is 1.70. The van der Waals surface area contributed by atoms with Crippen LogP contribution in [-0.2, 0) is 17.8 Å². The number of amides is 1. The van der Waals surface area contributed by atoms with Crippen LogP contribution in [0.4, 0.5) is 4.39 Å². The minimum atomic E-state index is -0.244. The molecule has 0 aliphatic rings. The first-order valence-corrected chi connectivity index (χ1v) is 8.29. The average Bonchev–Trinajstić information content (AvgIpc) is 2.56. The maximum atomic E-state index is 12.9.